The van der Waals surface area contributed by atoms with E-state index in [0.717, 1.165) is 38.3 Å². The molecular weight excluding hydrogens is 394 g/mol. The Morgan fingerprint density at radius 2 is 1.39 bits per heavy atom. The van der Waals surface area contributed by atoms with Crippen LogP contribution in [0.2, 0.25) is 0 Å². The van der Waals surface area contributed by atoms with E-state index in [-0.39, 0.29) is 13.1 Å². The van der Waals surface area contributed by atoms with Crippen LogP contribution >= 0.6 is 0 Å². The van der Waals surface area contributed by atoms with E-state index in [1.807, 2.05) is 21.1 Å². The van der Waals surface area contributed by atoms with Crippen molar-refractivity contribution in [2.45, 2.75) is 84.5 Å². The van der Waals surface area contributed by atoms with Crippen molar-refractivity contribution >= 4 is 17.8 Å². The monoisotopic (exact) mass is 443 g/mol. The van der Waals surface area contributed by atoms with Gasteiger partial charge in [0.1, 0.15) is 6.54 Å². The summed E-state index contributed by atoms with van der Waals surface area (Å²) in [6, 6.07) is 0. The molecule has 0 aromatic heterocycles. The smallest absolute Gasteiger partial charge is 0.359 e. The molecule has 1 atom stereocenters. The highest BCUT2D eigenvalue weighted by atomic mass is 16.4. The van der Waals surface area contributed by atoms with Crippen molar-refractivity contribution in [3.8, 4) is 0 Å². The molecule has 7 heteroatoms. The Bertz CT molecular complexity index is 543. The van der Waals surface area contributed by atoms with E-state index in [0.29, 0.717) is 8.97 Å². The van der Waals surface area contributed by atoms with Crippen molar-refractivity contribution in [3.63, 3.8) is 0 Å². The minimum atomic E-state index is -0.752. The molecule has 1 aliphatic rings. The predicted octanol–water partition coefficient (Wildman–Crippen LogP) is 4.41. The Kier molecular flexibility index (Phi) is 15.4. The zero-order valence-corrected chi connectivity index (χ0v) is 20.9. The molecule has 0 saturated heterocycles. The minimum absolute atomic E-state index is 0.181. The Morgan fingerprint density at radius 3 is 1.77 bits per heavy atom. The van der Waals surface area contributed by atoms with E-state index in [1.165, 1.54) is 57.8 Å². The van der Waals surface area contributed by atoms with Crippen molar-refractivity contribution in [2.24, 2.45) is 4.99 Å². The quantitative estimate of drug-likeness (QED) is 0.273. The average molecular weight is 444 g/mol. The fraction of sp³-hybridized carbons (Fsp3) is 0.875. The molecule has 0 aromatic rings. The molecule has 0 aromatic carbocycles. The van der Waals surface area contributed by atoms with Crippen LogP contribution in [0.1, 0.15) is 84.5 Å². The molecule has 0 spiro atoms. The van der Waals surface area contributed by atoms with Gasteiger partial charge in [0.25, 0.3) is 0 Å². The van der Waals surface area contributed by atoms with Crippen molar-refractivity contribution < 1.29 is 28.8 Å². The summed E-state index contributed by atoms with van der Waals surface area (Å²) in [4.78, 5) is 25.8. The fourth-order valence-electron chi connectivity index (χ4n) is 4.02. The number of hydrogen-bond donors (Lipinski definition) is 2. The third kappa shape index (κ3) is 15.0. The first-order valence-corrected chi connectivity index (χ1v) is 12.2. The van der Waals surface area contributed by atoms with Gasteiger partial charge in [-0.1, -0.05) is 64.7 Å². The lowest BCUT2D eigenvalue weighted by Gasteiger charge is -2.31. The van der Waals surface area contributed by atoms with Crippen LogP contribution in [0.3, 0.4) is 0 Å². The first-order valence-electron chi connectivity index (χ1n) is 12.2. The molecule has 0 amide bonds. The standard InChI is InChI=1S/C19H36N2O2.C5H11NO2/c1-3-5-6-7-8-9-10-11-12-13-14-18-20-15-16-21(18,4-2)17-19(22)23;1-6(2,3)4-5(7)8/h3-17H2,1-2H3;4H2,1-3H3/p+2. The molecule has 182 valence electrons. The van der Waals surface area contributed by atoms with Gasteiger partial charge in [-0.3, -0.25) is 4.48 Å². The summed E-state index contributed by atoms with van der Waals surface area (Å²) in [6.07, 6.45) is 14.3. The second kappa shape index (κ2) is 16.2. The molecule has 1 heterocycles. The highest BCUT2D eigenvalue weighted by Crippen LogP contribution is 2.20. The first kappa shape index (κ1) is 29.5. The number of quaternary nitrogens is 2. The number of rotatable bonds is 16. The zero-order chi connectivity index (χ0) is 23.8. The first-order chi connectivity index (χ1) is 14.6. The summed E-state index contributed by atoms with van der Waals surface area (Å²) in [5, 5.41) is 17.4. The molecule has 0 fully saturated rings. The number of likely N-dealkylation sites (N-methyl/N-ethyl adjacent to an activating group) is 2. The Labute approximate surface area is 190 Å². The molecular formula is C24H49N3O4+2. The number of aliphatic carboxylic acids is 2. The van der Waals surface area contributed by atoms with Gasteiger partial charge in [0.2, 0.25) is 0 Å². The number of carbonyl (C=O) groups is 2. The van der Waals surface area contributed by atoms with E-state index in [9.17, 15) is 9.59 Å². The maximum Gasteiger partial charge on any atom is 0.359 e. The number of amidine groups is 1. The summed E-state index contributed by atoms with van der Waals surface area (Å²) in [6.45, 7) is 7.25. The van der Waals surface area contributed by atoms with Crippen LogP contribution in [0.25, 0.3) is 0 Å². The molecule has 1 rings (SSSR count). The number of nitrogens with zero attached hydrogens (tertiary/aromatic N) is 3. The van der Waals surface area contributed by atoms with Gasteiger partial charge in [-0.2, -0.15) is 0 Å². The van der Waals surface area contributed by atoms with Crippen LogP contribution in [0.4, 0.5) is 0 Å². The van der Waals surface area contributed by atoms with Crippen molar-refractivity contribution in [1.29, 1.82) is 0 Å². The van der Waals surface area contributed by atoms with Gasteiger partial charge >= 0.3 is 11.9 Å². The lowest BCUT2D eigenvalue weighted by Crippen LogP contribution is -2.53. The van der Waals surface area contributed by atoms with E-state index >= 15 is 0 Å². The van der Waals surface area contributed by atoms with E-state index < -0.39 is 11.9 Å². The molecule has 31 heavy (non-hydrogen) atoms. The molecule has 7 nitrogen and oxygen atoms in total. The number of carboxylic acids is 2. The maximum atomic E-state index is 11.1. The van der Waals surface area contributed by atoms with E-state index in [2.05, 4.69) is 18.8 Å². The summed E-state index contributed by atoms with van der Waals surface area (Å²) in [5.74, 6) is -0.323. The molecule has 0 aliphatic carbocycles. The second-order valence-electron chi connectivity index (χ2n) is 9.81. The van der Waals surface area contributed by atoms with Crippen molar-refractivity contribution in [2.75, 3.05) is 53.9 Å². The van der Waals surface area contributed by atoms with Crippen LogP contribution in [-0.4, -0.2) is 90.8 Å². The number of carboxylic acid groups (broad SMARTS) is 2. The van der Waals surface area contributed by atoms with Gasteiger partial charge in [0, 0.05) is 6.42 Å². The molecule has 1 unspecified atom stereocenters. The van der Waals surface area contributed by atoms with E-state index in [4.69, 9.17) is 10.2 Å². The number of hydrogen-bond acceptors (Lipinski definition) is 3. The highest BCUT2D eigenvalue weighted by Gasteiger charge is 2.38. The third-order valence-corrected chi connectivity index (χ3v) is 5.78. The second-order valence-corrected chi connectivity index (χ2v) is 9.81. The van der Waals surface area contributed by atoms with Crippen LogP contribution in [0.5, 0.6) is 0 Å². The largest absolute Gasteiger partial charge is 0.477 e. The van der Waals surface area contributed by atoms with Gasteiger partial charge < -0.3 is 14.7 Å². The molecule has 1 aliphatic heterocycles. The lowest BCUT2D eigenvalue weighted by molar-refractivity contribution is -0.862. The van der Waals surface area contributed by atoms with Gasteiger partial charge in [0.15, 0.2) is 18.9 Å². The third-order valence-electron chi connectivity index (χ3n) is 5.78. The molecule has 0 radical (unpaired) electrons. The number of aliphatic imine (C=N–C) groups is 1. The molecule has 0 saturated carbocycles. The van der Waals surface area contributed by atoms with Crippen LogP contribution in [-0.2, 0) is 9.59 Å². The minimum Gasteiger partial charge on any atom is -0.477 e. The number of unbranched alkanes of at least 4 members (excludes halogenated alkanes) is 9. The van der Waals surface area contributed by atoms with Crippen LogP contribution in [0, 0.1) is 0 Å². The maximum absolute atomic E-state index is 11.1. The van der Waals surface area contributed by atoms with Crippen molar-refractivity contribution in [3.05, 3.63) is 0 Å². The fourth-order valence-corrected chi connectivity index (χ4v) is 4.02. The lowest BCUT2D eigenvalue weighted by atomic mass is 10.1. The SMILES string of the molecule is CCCCCCCCCCCCC1=NCC[N+]1(CC)CC(=O)O.C[N+](C)(C)CC(=O)O. The van der Waals surface area contributed by atoms with E-state index in [1.54, 1.807) is 0 Å². The molecule has 0 bridgehead atoms. The molecule has 2 N–H and O–H groups in total. The Balaban J connectivity index is 0.000000954. The van der Waals surface area contributed by atoms with Crippen LogP contribution in [0.15, 0.2) is 4.99 Å². The Hall–Kier alpha value is -1.47. The van der Waals surface area contributed by atoms with Gasteiger partial charge in [0.05, 0.1) is 34.2 Å². The summed E-state index contributed by atoms with van der Waals surface area (Å²) >= 11 is 0. The van der Waals surface area contributed by atoms with Crippen LogP contribution < -0.4 is 0 Å². The van der Waals surface area contributed by atoms with Gasteiger partial charge in [-0.25, -0.2) is 14.6 Å². The normalized spacial score (nSPS) is 18.3. The summed E-state index contributed by atoms with van der Waals surface area (Å²) in [7, 11) is 5.52. The van der Waals surface area contributed by atoms with Gasteiger partial charge in [-0.15, -0.1) is 0 Å². The Morgan fingerprint density at radius 1 is 0.871 bits per heavy atom. The summed E-state index contributed by atoms with van der Waals surface area (Å²) in [5.41, 5.74) is 0. The topological polar surface area (TPSA) is 87.0 Å². The van der Waals surface area contributed by atoms with Crippen molar-refractivity contribution in [1.82, 2.24) is 0 Å². The summed E-state index contributed by atoms with van der Waals surface area (Å²) < 4.78 is 1.07. The highest BCUT2D eigenvalue weighted by molar-refractivity contribution is 5.80. The average Bonchev–Trinajstić information content (AvgIpc) is 3.04. The zero-order valence-electron chi connectivity index (χ0n) is 20.9. The predicted molar refractivity (Wildman–Crippen MR) is 127 cm³/mol. The van der Waals surface area contributed by atoms with Gasteiger partial charge in [-0.05, 0) is 13.3 Å².